The Hall–Kier alpha value is -2.24. The fourth-order valence-corrected chi connectivity index (χ4v) is 2.33. The molecule has 26 heavy (non-hydrogen) atoms. The molecule has 0 bridgehead atoms. The molecule has 0 radical (unpaired) electrons. The number of ether oxygens (including phenoxy) is 2. The molecule has 144 valence electrons. The van der Waals surface area contributed by atoms with Crippen LogP contribution in [0.25, 0.3) is 0 Å². The lowest BCUT2D eigenvalue weighted by Gasteiger charge is -2.03. The van der Waals surface area contributed by atoms with E-state index in [4.69, 9.17) is 9.47 Å². The number of halogens is 2. The quantitative estimate of drug-likeness (QED) is 0.223. The third-order valence-corrected chi connectivity index (χ3v) is 3.65. The Morgan fingerprint density at radius 2 is 1.38 bits per heavy atom. The summed E-state index contributed by atoms with van der Waals surface area (Å²) in [5, 5.41) is 0. The van der Waals surface area contributed by atoms with Crippen molar-refractivity contribution in [3.05, 3.63) is 42.0 Å². The summed E-state index contributed by atoms with van der Waals surface area (Å²) < 4.78 is 35.6. The van der Waals surface area contributed by atoms with Crippen molar-refractivity contribution in [3.8, 4) is 5.75 Å². The van der Waals surface area contributed by atoms with E-state index in [-0.39, 0.29) is 5.75 Å². The van der Waals surface area contributed by atoms with Gasteiger partial charge < -0.3 is 9.47 Å². The number of benzene rings is 1. The van der Waals surface area contributed by atoms with Gasteiger partial charge in [-0.3, -0.25) is 0 Å². The summed E-state index contributed by atoms with van der Waals surface area (Å²) >= 11 is 0. The lowest BCUT2D eigenvalue weighted by atomic mass is 10.1. The lowest BCUT2D eigenvalue weighted by molar-refractivity contribution is -0.138. The number of hydrogen-bond donors (Lipinski definition) is 0. The third kappa shape index (κ3) is 10.6. The highest BCUT2D eigenvalue weighted by atomic mass is 19.1. The number of esters is 2. The lowest BCUT2D eigenvalue weighted by Crippen LogP contribution is -2.07. The van der Waals surface area contributed by atoms with Crippen LogP contribution in [0.4, 0.5) is 8.78 Å². The van der Waals surface area contributed by atoms with Crippen molar-refractivity contribution in [1.29, 1.82) is 0 Å². The standard InChI is InChI=1S/C20H26F2O4/c1-2-3-4-5-6-7-8-9-12-25-19(23)10-11-20(24)26-18-14-16(21)13-17(22)15-18/h10-11,13-15H,2-9,12H2,1H3/b11-10+. The van der Waals surface area contributed by atoms with Crippen molar-refractivity contribution in [1.82, 2.24) is 0 Å². The van der Waals surface area contributed by atoms with Crippen LogP contribution < -0.4 is 4.74 Å². The Balaban J connectivity index is 2.15. The monoisotopic (exact) mass is 368 g/mol. The third-order valence-electron chi connectivity index (χ3n) is 3.65. The second-order valence-electron chi connectivity index (χ2n) is 6.00. The Kier molecular flexibility index (Phi) is 10.9. The van der Waals surface area contributed by atoms with Crippen LogP contribution >= 0.6 is 0 Å². The molecule has 0 unspecified atom stereocenters. The van der Waals surface area contributed by atoms with E-state index in [1.165, 1.54) is 32.1 Å². The van der Waals surface area contributed by atoms with Crippen LogP contribution in [-0.2, 0) is 14.3 Å². The van der Waals surface area contributed by atoms with Gasteiger partial charge in [0.15, 0.2) is 0 Å². The highest BCUT2D eigenvalue weighted by Gasteiger charge is 2.06. The molecule has 1 rings (SSSR count). The molecule has 0 aromatic heterocycles. The molecule has 1 aromatic carbocycles. The molecule has 0 amide bonds. The van der Waals surface area contributed by atoms with Crippen LogP contribution in [0.1, 0.15) is 58.3 Å². The van der Waals surface area contributed by atoms with Gasteiger partial charge in [0, 0.05) is 30.4 Å². The first-order valence-corrected chi connectivity index (χ1v) is 9.04. The number of rotatable bonds is 12. The normalized spacial score (nSPS) is 10.9. The zero-order valence-electron chi connectivity index (χ0n) is 15.1. The van der Waals surface area contributed by atoms with E-state index in [9.17, 15) is 18.4 Å². The first-order valence-electron chi connectivity index (χ1n) is 9.04. The Morgan fingerprint density at radius 3 is 2.00 bits per heavy atom. The van der Waals surface area contributed by atoms with Gasteiger partial charge >= 0.3 is 11.9 Å². The van der Waals surface area contributed by atoms with Gasteiger partial charge in [-0.1, -0.05) is 51.9 Å². The summed E-state index contributed by atoms with van der Waals surface area (Å²) in [6.45, 7) is 2.48. The average Bonchev–Trinajstić information content (AvgIpc) is 2.57. The average molecular weight is 368 g/mol. The van der Waals surface area contributed by atoms with Crippen molar-refractivity contribution in [3.63, 3.8) is 0 Å². The summed E-state index contributed by atoms with van der Waals surface area (Å²) in [6.07, 6.45) is 10.9. The van der Waals surface area contributed by atoms with Crippen molar-refractivity contribution in [2.45, 2.75) is 58.3 Å². The van der Waals surface area contributed by atoms with Crippen LogP contribution in [0, 0.1) is 11.6 Å². The largest absolute Gasteiger partial charge is 0.463 e. The number of carbonyl (C=O) groups excluding carboxylic acids is 2. The summed E-state index contributed by atoms with van der Waals surface area (Å²) in [5.74, 6) is -3.57. The Labute approximate surface area is 153 Å². The molecule has 4 nitrogen and oxygen atoms in total. The van der Waals surface area contributed by atoms with Crippen LogP contribution in [0.15, 0.2) is 30.4 Å². The highest BCUT2D eigenvalue weighted by Crippen LogP contribution is 2.15. The topological polar surface area (TPSA) is 52.6 Å². The van der Waals surface area contributed by atoms with Crippen molar-refractivity contribution in [2.75, 3.05) is 6.61 Å². The second kappa shape index (κ2) is 13.0. The zero-order valence-corrected chi connectivity index (χ0v) is 15.1. The molecule has 0 saturated carbocycles. The molecule has 0 N–H and O–H groups in total. The molecule has 0 aliphatic carbocycles. The molecule has 1 aromatic rings. The van der Waals surface area contributed by atoms with Gasteiger partial charge in [0.25, 0.3) is 0 Å². The van der Waals surface area contributed by atoms with Gasteiger partial charge in [-0.05, 0) is 6.42 Å². The summed E-state index contributed by atoms with van der Waals surface area (Å²) in [7, 11) is 0. The molecule has 0 spiro atoms. The van der Waals surface area contributed by atoms with Crippen LogP contribution in [0.3, 0.4) is 0 Å². The van der Waals surface area contributed by atoms with Crippen molar-refractivity contribution >= 4 is 11.9 Å². The summed E-state index contributed by atoms with van der Waals surface area (Å²) in [5.41, 5.74) is 0. The van der Waals surface area contributed by atoms with Crippen molar-refractivity contribution < 1.29 is 27.8 Å². The predicted octanol–water partition coefficient (Wildman–Crippen LogP) is 5.11. The van der Waals surface area contributed by atoms with Crippen LogP contribution in [-0.4, -0.2) is 18.5 Å². The smallest absolute Gasteiger partial charge is 0.336 e. The van der Waals surface area contributed by atoms with Gasteiger partial charge in [-0.25, -0.2) is 18.4 Å². The maximum Gasteiger partial charge on any atom is 0.336 e. The van der Waals surface area contributed by atoms with E-state index in [0.717, 1.165) is 43.5 Å². The highest BCUT2D eigenvalue weighted by molar-refractivity contribution is 5.92. The Bertz CT molecular complexity index is 579. The van der Waals surface area contributed by atoms with Gasteiger partial charge in [0.2, 0.25) is 0 Å². The molecule has 0 saturated heterocycles. The van der Waals surface area contributed by atoms with Crippen LogP contribution in [0.5, 0.6) is 5.75 Å². The number of hydrogen-bond acceptors (Lipinski definition) is 4. The molecular formula is C20H26F2O4. The predicted molar refractivity (Wildman–Crippen MR) is 94.7 cm³/mol. The van der Waals surface area contributed by atoms with Gasteiger partial charge in [0.1, 0.15) is 17.4 Å². The molecule has 0 heterocycles. The second-order valence-corrected chi connectivity index (χ2v) is 6.00. The minimum Gasteiger partial charge on any atom is -0.463 e. The van der Waals surface area contributed by atoms with Gasteiger partial charge in [-0.2, -0.15) is 0 Å². The first kappa shape index (κ1) is 21.8. The Morgan fingerprint density at radius 1 is 0.846 bits per heavy atom. The minimum absolute atomic E-state index is 0.274. The summed E-state index contributed by atoms with van der Waals surface area (Å²) in [4.78, 5) is 23.0. The molecule has 6 heteroatoms. The molecule has 0 aliphatic rings. The number of carbonyl (C=O) groups is 2. The van der Waals surface area contributed by atoms with E-state index < -0.39 is 23.6 Å². The zero-order chi connectivity index (χ0) is 19.2. The van der Waals surface area contributed by atoms with Gasteiger partial charge in [-0.15, -0.1) is 0 Å². The van der Waals surface area contributed by atoms with Gasteiger partial charge in [0.05, 0.1) is 6.61 Å². The van der Waals surface area contributed by atoms with E-state index >= 15 is 0 Å². The van der Waals surface area contributed by atoms with Crippen LogP contribution in [0.2, 0.25) is 0 Å². The molecular weight excluding hydrogens is 342 g/mol. The van der Waals surface area contributed by atoms with E-state index in [2.05, 4.69) is 6.92 Å². The van der Waals surface area contributed by atoms with E-state index in [0.29, 0.717) is 12.7 Å². The van der Waals surface area contributed by atoms with Crippen molar-refractivity contribution in [2.24, 2.45) is 0 Å². The molecule has 0 atom stereocenters. The SMILES string of the molecule is CCCCCCCCCCOC(=O)/C=C/C(=O)Oc1cc(F)cc(F)c1. The fourth-order valence-electron chi connectivity index (χ4n) is 2.33. The molecule has 0 aliphatic heterocycles. The van der Waals surface area contributed by atoms with E-state index in [1.54, 1.807) is 0 Å². The number of unbranched alkanes of at least 4 members (excludes halogenated alkanes) is 7. The first-order chi connectivity index (χ1) is 12.5. The van der Waals surface area contributed by atoms with E-state index in [1.807, 2.05) is 0 Å². The molecule has 0 fully saturated rings. The maximum atomic E-state index is 13.0. The summed E-state index contributed by atoms with van der Waals surface area (Å²) in [6, 6.07) is 2.40. The minimum atomic E-state index is -0.918. The fraction of sp³-hybridized carbons (Fsp3) is 0.500. The maximum absolute atomic E-state index is 13.0.